The average molecular weight is 261 g/mol. The van der Waals surface area contributed by atoms with E-state index in [-0.39, 0.29) is 0 Å². The van der Waals surface area contributed by atoms with Gasteiger partial charge in [-0.25, -0.2) is 0 Å². The highest BCUT2D eigenvalue weighted by atomic mass is 16.5. The van der Waals surface area contributed by atoms with Crippen LogP contribution in [-0.2, 0) is 11.2 Å². The summed E-state index contributed by atoms with van der Waals surface area (Å²) in [5, 5.41) is 3.54. The molecule has 0 atom stereocenters. The number of fused-ring (bicyclic) bond motifs is 1. The summed E-state index contributed by atoms with van der Waals surface area (Å²) < 4.78 is 5.36. The topological polar surface area (TPSA) is 27.7 Å². The van der Waals surface area contributed by atoms with E-state index in [1.165, 1.54) is 23.4 Å². The van der Waals surface area contributed by atoms with Crippen molar-refractivity contribution in [3.05, 3.63) is 23.8 Å². The molecule has 4 nitrogen and oxygen atoms in total. The van der Waals surface area contributed by atoms with Crippen LogP contribution in [-0.4, -0.2) is 57.9 Å². The molecular weight excluding hydrogens is 238 g/mol. The summed E-state index contributed by atoms with van der Waals surface area (Å²) in [6, 6.07) is 6.73. The molecule has 0 radical (unpaired) electrons. The molecule has 3 rings (SSSR count). The van der Waals surface area contributed by atoms with E-state index in [1.54, 1.807) is 0 Å². The van der Waals surface area contributed by atoms with E-state index in [4.69, 9.17) is 4.74 Å². The Labute approximate surface area is 115 Å². The van der Waals surface area contributed by atoms with Gasteiger partial charge in [-0.05, 0) is 30.2 Å². The van der Waals surface area contributed by atoms with Gasteiger partial charge in [-0.3, -0.25) is 4.90 Å². The maximum atomic E-state index is 5.36. The third-order valence-corrected chi connectivity index (χ3v) is 4.07. The zero-order valence-electron chi connectivity index (χ0n) is 11.7. The molecule has 0 spiro atoms. The first-order valence-electron chi connectivity index (χ1n) is 7.21. The van der Waals surface area contributed by atoms with Crippen molar-refractivity contribution in [1.82, 2.24) is 4.90 Å². The summed E-state index contributed by atoms with van der Waals surface area (Å²) in [6.45, 7) is 7.14. The molecule has 0 amide bonds. The van der Waals surface area contributed by atoms with E-state index in [2.05, 4.69) is 40.4 Å². The average Bonchev–Trinajstić information content (AvgIpc) is 2.81. The number of hydrogen-bond donors (Lipinski definition) is 1. The lowest BCUT2D eigenvalue weighted by atomic mass is 10.1. The third-order valence-electron chi connectivity index (χ3n) is 4.07. The van der Waals surface area contributed by atoms with Crippen LogP contribution in [0.2, 0.25) is 0 Å². The van der Waals surface area contributed by atoms with E-state index in [9.17, 15) is 0 Å². The van der Waals surface area contributed by atoms with Crippen LogP contribution in [0.1, 0.15) is 5.56 Å². The smallest absolute Gasteiger partial charge is 0.0594 e. The highest BCUT2D eigenvalue weighted by Crippen LogP contribution is 2.28. The number of morpholine rings is 1. The molecule has 1 N–H and O–H groups in total. The van der Waals surface area contributed by atoms with Gasteiger partial charge in [-0.15, -0.1) is 0 Å². The van der Waals surface area contributed by atoms with Gasteiger partial charge in [0.1, 0.15) is 0 Å². The minimum Gasteiger partial charge on any atom is -0.384 e. The Morgan fingerprint density at radius 2 is 2.05 bits per heavy atom. The van der Waals surface area contributed by atoms with E-state index < -0.39 is 0 Å². The Bertz CT molecular complexity index is 429. The van der Waals surface area contributed by atoms with Crippen LogP contribution in [0.5, 0.6) is 0 Å². The minimum atomic E-state index is 0.880. The summed E-state index contributed by atoms with van der Waals surface area (Å²) in [4.78, 5) is 4.78. The van der Waals surface area contributed by atoms with Crippen molar-refractivity contribution in [1.29, 1.82) is 0 Å². The standard InChI is InChI=1S/C15H23N3O/c1-17-6-4-13-12-14(2-3-15(13)17)16-5-7-18-8-10-19-11-9-18/h2-3,12,16H,4-11H2,1H3. The molecule has 2 aliphatic heterocycles. The van der Waals surface area contributed by atoms with Crippen LogP contribution in [0, 0.1) is 0 Å². The van der Waals surface area contributed by atoms with Crippen LogP contribution in [0.3, 0.4) is 0 Å². The van der Waals surface area contributed by atoms with Crippen LogP contribution >= 0.6 is 0 Å². The summed E-state index contributed by atoms with van der Waals surface area (Å²) in [6.07, 6.45) is 1.17. The molecule has 104 valence electrons. The van der Waals surface area contributed by atoms with Gasteiger partial charge in [0.15, 0.2) is 0 Å². The molecule has 1 aromatic carbocycles. The van der Waals surface area contributed by atoms with E-state index in [0.29, 0.717) is 0 Å². The summed E-state index contributed by atoms with van der Waals surface area (Å²) >= 11 is 0. The van der Waals surface area contributed by atoms with Gasteiger partial charge < -0.3 is 15.0 Å². The normalized spacial score (nSPS) is 19.5. The molecule has 2 aliphatic rings. The molecule has 0 bridgehead atoms. The molecule has 0 aliphatic carbocycles. The molecule has 0 saturated carbocycles. The predicted octanol–water partition coefficient (Wildman–Crippen LogP) is 1.42. The van der Waals surface area contributed by atoms with Gasteiger partial charge in [0.25, 0.3) is 0 Å². The number of likely N-dealkylation sites (N-methyl/N-ethyl adjacent to an activating group) is 1. The lowest BCUT2D eigenvalue weighted by Crippen LogP contribution is -2.39. The SMILES string of the molecule is CN1CCc2cc(NCCN3CCOCC3)ccc21. The van der Waals surface area contributed by atoms with Gasteiger partial charge in [0.2, 0.25) is 0 Å². The quantitative estimate of drug-likeness (QED) is 0.887. The fraction of sp³-hybridized carbons (Fsp3) is 0.600. The van der Waals surface area contributed by atoms with Crippen molar-refractivity contribution in [2.45, 2.75) is 6.42 Å². The second-order valence-electron chi connectivity index (χ2n) is 5.40. The van der Waals surface area contributed by atoms with Crippen molar-refractivity contribution in [2.24, 2.45) is 0 Å². The van der Waals surface area contributed by atoms with Crippen LogP contribution in [0.15, 0.2) is 18.2 Å². The van der Waals surface area contributed by atoms with E-state index in [1.807, 2.05) is 0 Å². The molecule has 19 heavy (non-hydrogen) atoms. The van der Waals surface area contributed by atoms with Crippen LogP contribution in [0.4, 0.5) is 11.4 Å². The predicted molar refractivity (Wildman–Crippen MR) is 79.2 cm³/mol. The van der Waals surface area contributed by atoms with Gasteiger partial charge in [-0.1, -0.05) is 0 Å². The lowest BCUT2D eigenvalue weighted by molar-refractivity contribution is 0.0398. The molecule has 1 saturated heterocycles. The highest BCUT2D eigenvalue weighted by molar-refractivity contribution is 5.63. The van der Waals surface area contributed by atoms with Crippen LogP contribution in [0.25, 0.3) is 0 Å². The Balaban J connectivity index is 1.50. The summed E-state index contributed by atoms with van der Waals surface area (Å²) in [7, 11) is 2.16. The number of nitrogens with one attached hydrogen (secondary N) is 1. The van der Waals surface area contributed by atoms with Crippen LogP contribution < -0.4 is 10.2 Å². The van der Waals surface area contributed by atoms with Crippen molar-refractivity contribution in [2.75, 3.05) is 63.2 Å². The largest absolute Gasteiger partial charge is 0.384 e. The maximum absolute atomic E-state index is 5.36. The van der Waals surface area contributed by atoms with Gasteiger partial charge >= 0.3 is 0 Å². The minimum absolute atomic E-state index is 0.880. The molecule has 1 fully saturated rings. The third kappa shape index (κ3) is 3.01. The summed E-state index contributed by atoms with van der Waals surface area (Å²) in [5.41, 5.74) is 4.11. The van der Waals surface area contributed by atoms with E-state index >= 15 is 0 Å². The molecular formula is C15H23N3O. The number of hydrogen-bond acceptors (Lipinski definition) is 4. The van der Waals surface area contributed by atoms with Crippen molar-refractivity contribution >= 4 is 11.4 Å². The Morgan fingerprint density at radius 1 is 1.21 bits per heavy atom. The molecule has 0 aromatic heterocycles. The Kier molecular flexibility index (Phi) is 3.89. The number of rotatable bonds is 4. The number of anilines is 2. The molecule has 4 heteroatoms. The molecule has 1 aromatic rings. The van der Waals surface area contributed by atoms with Gasteiger partial charge in [0.05, 0.1) is 13.2 Å². The zero-order chi connectivity index (χ0) is 13.1. The lowest BCUT2D eigenvalue weighted by Gasteiger charge is -2.26. The van der Waals surface area contributed by atoms with Gasteiger partial charge in [-0.2, -0.15) is 0 Å². The summed E-state index contributed by atoms with van der Waals surface area (Å²) in [5.74, 6) is 0. The Morgan fingerprint density at radius 3 is 2.89 bits per heavy atom. The second kappa shape index (κ2) is 5.80. The first-order valence-corrected chi connectivity index (χ1v) is 7.21. The maximum Gasteiger partial charge on any atom is 0.0594 e. The Hall–Kier alpha value is -1.26. The number of benzene rings is 1. The van der Waals surface area contributed by atoms with Crippen molar-refractivity contribution in [3.63, 3.8) is 0 Å². The molecule has 2 heterocycles. The van der Waals surface area contributed by atoms with Gasteiger partial charge in [0, 0.05) is 51.1 Å². The fourth-order valence-electron chi connectivity index (χ4n) is 2.86. The number of ether oxygens (including phenoxy) is 1. The van der Waals surface area contributed by atoms with E-state index in [0.717, 1.165) is 45.9 Å². The molecule has 0 unspecified atom stereocenters. The fourth-order valence-corrected chi connectivity index (χ4v) is 2.86. The first-order chi connectivity index (χ1) is 9.33. The number of nitrogens with zero attached hydrogens (tertiary/aromatic N) is 2. The van der Waals surface area contributed by atoms with Crippen molar-refractivity contribution < 1.29 is 4.74 Å². The van der Waals surface area contributed by atoms with Crippen molar-refractivity contribution in [3.8, 4) is 0 Å². The highest BCUT2D eigenvalue weighted by Gasteiger charge is 2.15. The first kappa shape index (κ1) is 12.8. The zero-order valence-corrected chi connectivity index (χ0v) is 11.7. The monoisotopic (exact) mass is 261 g/mol. The second-order valence-corrected chi connectivity index (χ2v) is 5.40.